The smallest absolute Gasteiger partial charge is 0.416 e. The summed E-state index contributed by atoms with van der Waals surface area (Å²) in [6.07, 6.45) is -1.55. The third-order valence-electron chi connectivity index (χ3n) is 4.17. The standard InChI is InChI=1S/C22H23BrF3N3O3/c1-2-3-11-32-19-8-7-17(23)12-15(19)14-27-29-21(31)10-9-20(30)28-18-6-4-5-16(13-18)22(24,25)26/h4-8,12-14H,2-3,9-11H2,1H3,(H,28,30)(H,29,31). The van der Waals surface area contributed by atoms with Gasteiger partial charge in [0.25, 0.3) is 0 Å². The molecule has 2 rings (SSSR count). The minimum Gasteiger partial charge on any atom is -0.493 e. The number of hydrazone groups is 1. The van der Waals surface area contributed by atoms with E-state index in [0.717, 1.165) is 29.4 Å². The van der Waals surface area contributed by atoms with Crippen molar-refractivity contribution in [1.82, 2.24) is 5.43 Å². The predicted molar refractivity (Wildman–Crippen MR) is 120 cm³/mol. The van der Waals surface area contributed by atoms with Crippen LogP contribution in [0.5, 0.6) is 5.75 Å². The molecule has 10 heteroatoms. The number of carbonyl (C=O) groups excluding carboxylic acids is 2. The molecule has 0 heterocycles. The summed E-state index contributed by atoms with van der Waals surface area (Å²) < 4.78 is 44.7. The van der Waals surface area contributed by atoms with E-state index in [1.54, 1.807) is 12.1 Å². The normalized spacial score (nSPS) is 11.4. The van der Waals surface area contributed by atoms with E-state index in [2.05, 4.69) is 38.7 Å². The molecule has 0 radical (unpaired) electrons. The molecule has 0 atom stereocenters. The summed E-state index contributed by atoms with van der Waals surface area (Å²) in [5, 5.41) is 6.24. The second kappa shape index (κ2) is 12.2. The van der Waals surface area contributed by atoms with Gasteiger partial charge >= 0.3 is 6.18 Å². The number of ether oxygens (including phenoxy) is 1. The van der Waals surface area contributed by atoms with Crippen molar-refractivity contribution >= 4 is 39.6 Å². The molecule has 6 nitrogen and oxygen atoms in total. The van der Waals surface area contributed by atoms with Crippen molar-refractivity contribution in [3.05, 3.63) is 58.1 Å². The summed E-state index contributed by atoms with van der Waals surface area (Å²) >= 11 is 3.37. The third-order valence-corrected chi connectivity index (χ3v) is 4.67. The monoisotopic (exact) mass is 513 g/mol. The largest absolute Gasteiger partial charge is 0.493 e. The van der Waals surface area contributed by atoms with Crippen molar-refractivity contribution in [2.75, 3.05) is 11.9 Å². The number of hydrogen-bond acceptors (Lipinski definition) is 4. The fraction of sp³-hybridized carbons (Fsp3) is 0.318. The van der Waals surface area contributed by atoms with E-state index in [9.17, 15) is 22.8 Å². The van der Waals surface area contributed by atoms with Crippen LogP contribution in [0.4, 0.5) is 18.9 Å². The van der Waals surface area contributed by atoms with Gasteiger partial charge in [0.1, 0.15) is 5.75 Å². The van der Waals surface area contributed by atoms with Crippen LogP contribution in [0.25, 0.3) is 0 Å². The van der Waals surface area contributed by atoms with Crippen molar-refractivity contribution in [3.8, 4) is 5.75 Å². The minimum absolute atomic E-state index is 0.00788. The molecule has 0 unspecified atom stereocenters. The first-order chi connectivity index (χ1) is 15.2. The first-order valence-electron chi connectivity index (χ1n) is 9.90. The topological polar surface area (TPSA) is 79.8 Å². The molecule has 0 aliphatic carbocycles. The lowest BCUT2D eigenvalue weighted by Crippen LogP contribution is -2.20. The van der Waals surface area contributed by atoms with Crippen molar-refractivity contribution < 1.29 is 27.5 Å². The lowest BCUT2D eigenvalue weighted by atomic mass is 10.2. The number of carbonyl (C=O) groups is 2. The number of halogens is 4. The molecule has 0 aromatic heterocycles. The summed E-state index contributed by atoms with van der Waals surface area (Å²) in [5.41, 5.74) is 2.13. The van der Waals surface area contributed by atoms with Gasteiger partial charge in [0, 0.05) is 28.6 Å². The van der Waals surface area contributed by atoms with Crippen LogP contribution < -0.4 is 15.5 Å². The van der Waals surface area contributed by atoms with Crippen LogP contribution in [0, 0.1) is 0 Å². The van der Waals surface area contributed by atoms with Gasteiger partial charge in [-0.15, -0.1) is 0 Å². The Morgan fingerprint density at radius 3 is 2.59 bits per heavy atom. The Hall–Kier alpha value is -2.88. The average Bonchev–Trinajstić information content (AvgIpc) is 2.73. The van der Waals surface area contributed by atoms with E-state index in [-0.39, 0.29) is 18.5 Å². The molecule has 0 aliphatic rings. The number of alkyl halides is 3. The number of unbranched alkanes of at least 4 members (excludes halogenated alkanes) is 1. The molecule has 2 aromatic carbocycles. The molecule has 0 bridgehead atoms. The van der Waals surface area contributed by atoms with E-state index >= 15 is 0 Å². The second-order valence-corrected chi connectivity index (χ2v) is 7.72. The van der Waals surface area contributed by atoms with Crippen molar-refractivity contribution in [2.45, 2.75) is 38.8 Å². The van der Waals surface area contributed by atoms with E-state index in [1.807, 2.05) is 6.07 Å². The molecule has 2 amide bonds. The number of hydrogen-bond donors (Lipinski definition) is 2. The quantitative estimate of drug-likeness (QED) is 0.249. The third kappa shape index (κ3) is 8.70. The van der Waals surface area contributed by atoms with E-state index in [0.29, 0.717) is 17.9 Å². The molecule has 0 saturated carbocycles. The summed E-state index contributed by atoms with van der Waals surface area (Å²) in [4.78, 5) is 23.9. The molecule has 2 N–H and O–H groups in total. The Labute approximate surface area is 192 Å². The first-order valence-corrected chi connectivity index (χ1v) is 10.7. The van der Waals surface area contributed by atoms with Gasteiger partial charge in [-0.2, -0.15) is 18.3 Å². The average molecular weight is 514 g/mol. The fourth-order valence-electron chi connectivity index (χ4n) is 2.53. The maximum Gasteiger partial charge on any atom is 0.416 e. The lowest BCUT2D eigenvalue weighted by Gasteiger charge is -2.10. The summed E-state index contributed by atoms with van der Waals surface area (Å²) in [6, 6.07) is 9.70. The Kier molecular flexibility index (Phi) is 9.70. The minimum atomic E-state index is -4.51. The molecule has 0 fully saturated rings. The molecule has 2 aromatic rings. The number of nitrogens with one attached hydrogen (secondary N) is 2. The molecule has 32 heavy (non-hydrogen) atoms. The zero-order valence-electron chi connectivity index (χ0n) is 17.3. The molecule has 172 valence electrons. The maximum absolute atomic E-state index is 12.7. The SMILES string of the molecule is CCCCOc1ccc(Br)cc1C=NNC(=O)CCC(=O)Nc1cccc(C(F)(F)F)c1. The number of rotatable bonds is 10. The number of anilines is 1. The molecule has 0 aliphatic heterocycles. The Bertz CT molecular complexity index is 965. The number of nitrogens with zero attached hydrogens (tertiary/aromatic N) is 1. The fourth-order valence-corrected chi connectivity index (χ4v) is 2.91. The highest BCUT2D eigenvalue weighted by Gasteiger charge is 2.30. The van der Waals surface area contributed by atoms with E-state index in [4.69, 9.17) is 4.74 Å². The van der Waals surface area contributed by atoms with Crippen LogP contribution in [0.2, 0.25) is 0 Å². The zero-order chi connectivity index (χ0) is 23.6. The van der Waals surface area contributed by atoms with Crippen molar-refractivity contribution in [2.24, 2.45) is 5.10 Å². The first kappa shape index (κ1) is 25.4. The molecular weight excluding hydrogens is 491 g/mol. The molecular formula is C22H23BrF3N3O3. The molecule has 0 spiro atoms. The zero-order valence-corrected chi connectivity index (χ0v) is 18.9. The van der Waals surface area contributed by atoms with E-state index < -0.39 is 23.6 Å². The van der Waals surface area contributed by atoms with Crippen LogP contribution in [-0.2, 0) is 15.8 Å². The van der Waals surface area contributed by atoms with Gasteiger partial charge in [-0.1, -0.05) is 35.3 Å². The van der Waals surface area contributed by atoms with Crippen LogP contribution in [-0.4, -0.2) is 24.6 Å². The Balaban J connectivity index is 1.84. The van der Waals surface area contributed by atoms with Crippen LogP contribution in [0.3, 0.4) is 0 Å². The van der Waals surface area contributed by atoms with Gasteiger partial charge < -0.3 is 10.1 Å². The number of amides is 2. The van der Waals surface area contributed by atoms with E-state index in [1.165, 1.54) is 18.3 Å². The van der Waals surface area contributed by atoms with Crippen LogP contribution >= 0.6 is 15.9 Å². The van der Waals surface area contributed by atoms with Crippen molar-refractivity contribution in [1.29, 1.82) is 0 Å². The highest BCUT2D eigenvalue weighted by molar-refractivity contribution is 9.10. The highest BCUT2D eigenvalue weighted by Crippen LogP contribution is 2.30. The number of benzene rings is 2. The second-order valence-electron chi connectivity index (χ2n) is 6.80. The van der Waals surface area contributed by atoms with Gasteiger partial charge in [0.05, 0.1) is 18.4 Å². The lowest BCUT2D eigenvalue weighted by molar-refractivity contribution is -0.137. The Morgan fingerprint density at radius 2 is 1.88 bits per heavy atom. The van der Waals surface area contributed by atoms with Gasteiger partial charge in [0.2, 0.25) is 11.8 Å². The predicted octanol–water partition coefficient (Wildman–Crippen LogP) is 5.52. The molecule has 0 saturated heterocycles. The summed E-state index contributed by atoms with van der Waals surface area (Å²) in [6.45, 7) is 2.62. The summed E-state index contributed by atoms with van der Waals surface area (Å²) in [7, 11) is 0. The maximum atomic E-state index is 12.7. The highest BCUT2D eigenvalue weighted by atomic mass is 79.9. The van der Waals surface area contributed by atoms with Crippen LogP contribution in [0.15, 0.2) is 52.0 Å². The summed E-state index contributed by atoms with van der Waals surface area (Å²) in [5.74, 6) is -0.467. The van der Waals surface area contributed by atoms with Crippen molar-refractivity contribution in [3.63, 3.8) is 0 Å². The van der Waals surface area contributed by atoms with Crippen LogP contribution in [0.1, 0.15) is 43.7 Å². The Morgan fingerprint density at radius 1 is 1.12 bits per heavy atom. The van der Waals surface area contributed by atoms with Gasteiger partial charge in [0.15, 0.2) is 0 Å². The van der Waals surface area contributed by atoms with Gasteiger partial charge in [-0.3, -0.25) is 9.59 Å². The van der Waals surface area contributed by atoms with Gasteiger partial charge in [-0.05, 0) is 42.8 Å². The van der Waals surface area contributed by atoms with Gasteiger partial charge in [-0.25, -0.2) is 5.43 Å².